The Morgan fingerprint density at radius 1 is 0.967 bits per heavy atom. The molecule has 0 saturated carbocycles. The minimum atomic E-state index is -4.43. The molecule has 0 atom stereocenters. The Bertz CT molecular complexity index is 983. The fourth-order valence-electron chi connectivity index (χ4n) is 3.34. The second-order valence-corrected chi connectivity index (χ2v) is 9.20. The van der Waals surface area contributed by atoms with Crippen LogP contribution in [0.25, 0.3) is 0 Å². The number of hydrogen-bond acceptors (Lipinski definition) is 3. The molecule has 3 rings (SSSR count). The zero-order valence-electron chi connectivity index (χ0n) is 16.3. The molecule has 0 bridgehead atoms. The summed E-state index contributed by atoms with van der Waals surface area (Å²) in [6, 6.07) is 10.9. The molecule has 1 amide bonds. The first kappa shape index (κ1) is 22.3. The Morgan fingerprint density at radius 3 is 2.27 bits per heavy atom. The van der Waals surface area contributed by atoms with Crippen molar-refractivity contribution in [3.05, 3.63) is 65.2 Å². The molecule has 0 unspecified atom stereocenters. The molecule has 0 spiro atoms. The zero-order chi connectivity index (χ0) is 21.8. The average molecular weight is 440 g/mol. The van der Waals surface area contributed by atoms with Crippen LogP contribution >= 0.6 is 0 Å². The summed E-state index contributed by atoms with van der Waals surface area (Å²) >= 11 is 0. The summed E-state index contributed by atoms with van der Waals surface area (Å²) in [4.78, 5) is 12.3. The number of rotatable bonds is 6. The standard InChI is InChI=1S/C21H23F3N2O3S/c22-21(23,24)18-6-4-5-17(13-18)15-25-20(27)14-16-7-9-19(10-8-16)30(28,29)26-11-2-1-3-12-26/h4-10,13H,1-3,11-12,14-15H2,(H,25,27). The lowest BCUT2D eigenvalue weighted by Crippen LogP contribution is -2.35. The van der Waals surface area contributed by atoms with Crippen LogP contribution in [-0.2, 0) is 34.0 Å². The van der Waals surface area contributed by atoms with Crippen LogP contribution in [-0.4, -0.2) is 31.7 Å². The summed E-state index contributed by atoms with van der Waals surface area (Å²) in [5.74, 6) is -0.362. The highest BCUT2D eigenvalue weighted by Crippen LogP contribution is 2.29. The van der Waals surface area contributed by atoms with Crippen LogP contribution in [0.15, 0.2) is 53.4 Å². The number of halogens is 3. The van der Waals surface area contributed by atoms with Crippen LogP contribution in [0.2, 0.25) is 0 Å². The minimum absolute atomic E-state index is 0.00298. The van der Waals surface area contributed by atoms with Crippen molar-refractivity contribution in [2.45, 2.75) is 43.3 Å². The van der Waals surface area contributed by atoms with Crippen molar-refractivity contribution in [1.82, 2.24) is 9.62 Å². The predicted octanol–water partition coefficient (Wildman–Crippen LogP) is 3.74. The van der Waals surface area contributed by atoms with E-state index in [9.17, 15) is 26.4 Å². The average Bonchev–Trinajstić information content (AvgIpc) is 2.73. The van der Waals surface area contributed by atoms with Gasteiger partial charge in [-0.2, -0.15) is 17.5 Å². The third kappa shape index (κ3) is 5.60. The molecule has 1 aliphatic heterocycles. The molecule has 1 saturated heterocycles. The first-order valence-corrected chi connectivity index (χ1v) is 11.1. The van der Waals surface area contributed by atoms with Crippen molar-refractivity contribution in [2.24, 2.45) is 0 Å². The summed E-state index contributed by atoms with van der Waals surface area (Å²) in [5, 5.41) is 2.59. The van der Waals surface area contributed by atoms with Crippen LogP contribution in [0.5, 0.6) is 0 Å². The van der Waals surface area contributed by atoms with Gasteiger partial charge in [-0.25, -0.2) is 8.42 Å². The molecule has 30 heavy (non-hydrogen) atoms. The van der Waals surface area contributed by atoms with E-state index in [4.69, 9.17) is 0 Å². The topological polar surface area (TPSA) is 66.5 Å². The van der Waals surface area contributed by atoms with Crippen molar-refractivity contribution in [2.75, 3.05) is 13.1 Å². The number of alkyl halides is 3. The summed E-state index contributed by atoms with van der Waals surface area (Å²) in [6.45, 7) is 1.01. The second-order valence-electron chi connectivity index (χ2n) is 7.26. The highest BCUT2D eigenvalue weighted by atomic mass is 32.2. The number of sulfonamides is 1. The van der Waals surface area contributed by atoms with Gasteiger partial charge in [-0.15, -0.1) is 0 Å². The van der Waals surface area contributed by atoms with Gasteiger partial charge in [-0.1, -0.05) is 30.7 Å². The number of carbonyl (C=O) groups excluding carboxylic acids is 1. The van der Waals surface area contributed by atoms with Crippen LogP contribution in [0.1, 0.15) is 36.0 Å². The van der Waals surface area contributed by atoms with E-state index in [1.807, 2.05) is 0 Å². The Labute approximate surface area is 173 Å². The van der Waals surface area contributed by atoms with Crippen molar-refractivity contribution in [3.8, 4) is 0 Å². The van der Waals surface area contributed by atoms with Gasteiger partial charge in [-0.05, 0) is 48.2 Å². The largest absolute Gasteiger partial charge is 0.416 e. The number of piperidine rings is 1. The summed E-state index contributed by atoms with van der Waals surface area (Å²) in [5.41, 5.74) is 0.204. The van der Waals surface area contributed by atoms with Crippen molar-refractivity contribution < 1.29 is 26.4 Å². The van der Waals surface area contributed by atoms with Gasteiger partial charge >= 0.3 is 6.18 Å². The molecular formula is C21H23F3N2O3S. The molecule has 1 heterocycles. The van der Waals surface area contributed by atoms with Gasteiger partial charge in [0, 0.05) is 19.6 Å². The molecule has 1 aliphatic rings. The molecule has 2 aromatic carbocycles. The van der Waals surface area contributed by atoms with Gasteiger partial charge in [0.1, 0.15) is 0 Å². The lowest BCUT2D eigenvalue weighted by Gasteiger charge is -2.25. The smallest absolute Gasteiger partial charge is 0.352 e. The fraction of sp³-hybridized carbons (Fsp3) is 0.381. The van der Waals surface area contributed by atoms with Gasteiger partial charge < -0.3 is 5.32 Å². The van der Waals surface area contributed by atoms with Crippen LogP contribution in [0, 0.1) is 0 Å². The van der Waals surface area contributed by atoms with E-state index >= 15 is 0 Å². The third-order valence-electron chi connectivity index (χ3n) is 4.98. The van der Waals surface area contributed by atoms with E-state index in [0.29, 0.717) is 24.2 Å². The van der Waals surface area contributed by atoms with Gasteiger partial charge in [-0.3, -0.25) is 4.79 Å². The van der Waals surface area contributed by atoms with Crippen LogP contribution < -0.4 is 5.32 Å². The number of carbonyl (C=O) groups is 1. The van der Waals surface area contributed by atoms with E-state index < -0.39 is 21.8 Å². The monoisotopic (exact) mass is 440 g/mol. The van der Waals surface area contributed by atoms with Crippen LogP contribution in [0.3, 0.4) is 0 Å². The Balaban J connectivity index is 1.57. The first-order chi connectivity index (χ1) is 14.2. The SMILES string of the molecule is O=C(Cc1ccc(S(=O)(=O)N2CCCCC2)cc1)NCc1cccc(C(F)(F)F)c1. The molecule has 0 aliphatic carbocycles. The maximum Gasteiger partial charge on any atom is 0.416 e. The third-order valence-corrected chi connectivity index (χ3v) is 6.90. The fourth-order valence-corrected chi connectivity index (χ4v) is 4.86. The van der Waals surface area contributed by atoms with Crippen molar-refractivity contribution in [1.29, 1.82) is 0 Å². The van der Waals surface area contributed by atoms with Crippen molar-refractivity contribution >= 4 is 15.9 Å². The quantitative estimate of drug-likeness (QED) is 0.744. The van der Waals surface area contributed by atoms with E-state index in [1.165, 1.54) is 28.6 Å². The maximum atomic E-state index is 12.8. The van der Waals surface area contributed by atoms with Gasteiger partial charge in [0.25, 0.3) is 0 Å². The molecule has 1 fully saturated rings. The van der Waals surface area contributed by atoms with E-state index in [2.05, 4.69) is 5.32 Å². The molecule has 5 nitrogen and oxygen atoms in total. The number of nitrogens with one attached hydrogen (secondary N) is 1. The number of hydrogen-bond donors (Lipinski definition) is 1. The van der Waals surface area contributed by atoms with E-state index in [1.54, 1.807) is 12.1 Å². The molecule has 162 valence electrons. The molecule has 9 heteroatoms. The van der Waals surface area contributed by atoms with E-state index in [0.717, 1.165) is 31.4 Å². The lowest BCUT2D eigenvalue weighted by atomic mass is 10.1. The molecule has 0 radical (unpaired) electrons. The molecule has 0 aromatic heterocycles. The molecule has 2 aromatic rings. The number of amides is 1. The Kier molecular flexibility index (Phi) is 6.82. The first-order valence-electron chi connectivity index (χ1n) is 9.68. The number of nitrogens with zero attached hydrogens (tertiary/aromatic N) is 1. The highest BCUT2D eigenvalue weighted by molar-refractivity contribution is 7.89. The number of benzene rings is 2. The highest BCUT2D eigenvalue weighted by Gasteiger charge is 2.30. The summed E-state index contributed by atoms with van der Waals surface area (Å²) < 4.78 is 65.0. The van der Waals surface area contributed by atoms with Gasteiger partial charge in [0.2, 0.25) is 15.9 Å². The zero-order valence-corrected chi connectivity index (χ0v) is 17.1. The van der Waals surface area contributed by atoms with Gasteiger partial charge in [0.05, 0.1) is 16.9 Å². The van der Waals surface area contributed by atoms with Gasteiger partial charge in [0.15, 0.2) is 0 Å². The van der Waals surface area contributed by atoms with Crippen LogP contribution in [0.4, 0.5) is 13.2 Å². The summed E-state index contributed by atoms with van der Waals surface area (Å²) in [7, 11) is -3.53. The summed E-state index contributed by atoms with van der Waals surface area (Å²) in [6.07, 6.45) is -1.70. The molecule has 1 N–H and O–H groups in total. The lowest BCUT2D eigenvalue weighted by molar-refractivity contribution is -0.137. The Morgan fingerprint density at radius 2 is 1.63 bits per heavy atom. The Hall–Kier alpha value is -2.39. The van der Waals surface area contributed by atoms with E-state index in [-0.39, 0.29) is 23.8 Å². The molecular weight excluding hydrogens is 417 g/mol. The second kappa shape index (κ2) is 9.18. The predicted molar refractivity (Wildman–Crippen MR) is 106 cm³/mol. The minimum Gasteiger partial charge on any atom is -0.352 e. The maximum absolute atomic E-state index is 12.8. The normalized spacial score (nSPS) is 15.7. The van der Waals surface area contributed by atoms with Crippen molar-refractivity contribution in [3.63, 3.8) is 0 Å².